The highest BCUT2D eigenvalue weighted by Gasteiger charge is 2.19. The minimum absolute atomic E-state index is 0.00755. The Morgan fingerprint density at radius 2 is 2.64 bits per heavy atom. The molecule has 0 saturated heterocycles. The number of carbonyl (C=O) groups excluding carboxylic acids is 1. The summed E-state index contributed by atoms with van der Waals surface area (Å²) >= 11 is 0. The molecule has 0 atom stereocenters. The maximum atomic E-state index is 10.9. The molecular formula is C7H8N2O2. The number of Topliss-reactive ketones (excluding diaryl/α,β-unsaturated/α-hetero) is 1. The van der Waals surface area contributed by atoms with E-state index in [1.54, 1.807) is 10.9 Å². The molecule has 0 aliphatic carbocycles. The Labute approximate surface area is 63.8 Å². The van der Waals surface area contributed by atoms with E-state index in [0.717, 1.165) is 6.54 Å². The molecule has 2 heterocycles. The third kappa shape index (κ3) is 0.824. The lowest BCUT2D eigenvalue weighted by atomic mass is 10.2. The van der Waals surface area contributed by atoms with Gasteiger partial charge in [-0.15, -0.1) is 0 Å². The number of fused-ring (bicyclic) bond motifs is 1. The van der Waals surface area contributed by atoms with Gasteiger partial charge in [-0.2, -0.15) is 5.10 Å². The first kappa shape index (κ1) is 6.39. The molecule has 11 heavy (non-hydrogen) atoms. The van der Waals surface area contributed by atoms with Gasteiger partial charge in [-0.25, -0.2) is 4.68 Å². The Morgan fingerprint density at radius 1 is 1.82 bits per heavy atom. The molecule has 0 saturated carbocycles. The lowest BCUT2D eigenvalue weighted by Gasteiger charge is -1.93. The molecular weight excluding hydrogens is 144 g/mol. The Morgan fingerprint density at radius 3 is 3.36 bits per heavy atom. The number of nitrogens with zero attached hydrogens (tertiary/aromatic N) is 2. The lowest BCUT2D eigenvalue weighted by molar-refractivity contribution is 0.101. The predicted octanol–water partition coefficient (Wildman–Crippen LogP) is 0.478. The third-order valence-electron chi connectivity index (χ3n) is 1.71. The topological polar surface area (TPSA) is 44.1 Å². The Hall–Kier alpha value is -1.32. The number of carbonyl (C=O) groups is 1. The van der Waals surface area contributed by atoms with E-state index in [4.69, 9.17) is 4.74 Å². The number of hydrogen-bond acceptors (Lipinski definition) is 3. The van der Waals surface area contributed by atoms with Crippen LogP contribution >= 0.6 is 0 Å². The summed E-state index contributed by atoms with van der Waals surface area (Å²) in [4.78, 5) is 10.9. The molecule has 1 aliphatic rings. The van der Waals surface area contributed by atoms with Gasteiger partial charge in [0.2, 0.25) is 5.88 Å². The van der Waals surface area contributed by atoms with Gasteiger partial charge in [-0.1, -0.05) is 0 Å². The van der Waals surface area contributed by atoms with Gasteiger partial charge in [-0.3, -0.25) is 4.79 Å². The van der Waals surface area contributed by atoms with Crippen LogP contribution in [0.4, 0.5) is 0 Å². The highest BCUT2D eigenvalue weighted by atomic mass is 16.5. The van der Waals surface area contributed by atoms with E-state index in [9.17, 15) is 4.79 Å². The molecule has 0 amide bonds. The van der Waals surface area contributed by atoms with Crippen LogP contribution in [0.2, 0.25) is 0 Å². The van der Waals surface area contributed by atoms with E-state index in [0.29, 0.717) is 18.1 Å². The highest BCUT2D eigenvalue weighted by molar-refractivity contribution is 5.96. The van der Waals surface area contributed by atoms with Gasteiger partial charge in [0.25, 0.3) is 0 Å². The SMILES string of the molecule is CC(=O)c1cnn2c1OCC2. The van der Waals surface area contributed by atoms with Crippen LogP contribution in [0.3, 0.4) is 0 Å². The molecule has 0 bridgehead atoms. The van der Waals surface area contributed by atoms with Crippen LogP contribution in [-0.4, -0.2) is 22.2 Å². The van der Waals surface area contributed by atoms with Crippen molar-refractivity contribution in [2.24, 2.45) is 0 Å². The number of ether oxygens (including phenoxy) is 1. The molecule has 0 N–H and O–H groups in total. The zero-order valence-corrected chi connectivity index (χ0v) is 6.20. The van der Waals surface area contributed by atoms with E-state index < -0.39 is 0 Å². The van der Waals surface area contributed by atoms with Gasteiger partial charge in [0.1, 0.15) is 6.61 Å². The second-order valence-corrected chi connectivity index (χ2v) is 2.49. The standard InChI is InChI=1S/C7H8N2O2/c1-5(10)6-4-8-9-2-3-11-7(6)9/h4H,2-3H2,1H3. The first-order chi connectivity index (χ1) is 5.29. The van der Waals surface area contributed by atoms with Crippen LogP contribution in [0.15, 0.2) is 6.20 Å². The Kier molecular flexibility index (Phi) is 1.21. The Bertz CT molecular complexity index is 303. The van der Waals surface area contributed by atoms with E-state index >= 15 is 0 Å². The molecule has 4 heteroatoms. The van der Waals surface area contributed by atoms with Crippen molar-refractivity contribution in [3.05, 3.63) is 11.8 Å². The summed E-state index contributed by atoms with van der Waals surface area (Å²) in [6.45, 7) is 2.89. The average molecular weight is 152 g/mol. The summed E-state index contributed by atoms with van der Waals surface area (Å²) in [5, 5.41) is 3.99. The molecule has 0 aromatic carbocycles. The molecule has 0 spiro atoms. The van der Waals surface area contributed by atoms with Crippen molar-refractivity contribution < 1.29 is 9.53 Å². The monoisotopic (exact) mass is 152 g/mol. The van der Waals surface area contributed by atoms with Crippen molar-refractivity contribution >= 4 is 5.78 Å². The largest absolute Gasteiger partial charge is 0.475 e. The van der Waals surface area contributed by atoms with Crippen LogP contribution in [0, 0.1) is 0 Å². The smallest absolute Gasteiger partial charge is 0.223 e. The van der Waals surface area contributed by atoms with Crippen LogP contribution in [-0.2, 0) is 6.54 Å². The normalized spacial score (nSPS) is 14.3. The number of ketones is 1. The fourth-order valence-electron chi connectivity index (χ4n) is 1.16. The van der Waals surface area contributed by atoms with Crippen molar-refractivity contribution in [2.45, 2.75) is 13.5 Å². The van der Waals surface area contributed by atoms with Gasteiger partial charge in [-0.05, 0) is 6.92 Å². The summed E-state index contributed by atoms with van der Waals surface area (Å²) in [6, 6.07) is 0. The molecule has 0 unspecified atom stereocenters. The van der Waals surface area contributed by atoms with Crippen molar-refractivity contribution in [1.82, 2.24) is 9.78 Å². The van der Waals surface area contributed by atoms with Crippen molar-refractivity contribution in [3.63, 3.8) is 0 Å². The van der Waals surface area contributed by atoms with Crippen molar-refractivity contribution in [1.29, 1.82) is 0 Å². The molecule has 58 valence electrons. The minimum Gasteiger partial charge on any atom is -0.475 e. The second kappa shape index (κ2) is 2.08. The first-order valence-electron chi connectivity index (χ1n) is 3.48. The summed E-state index contributed by atoms with van der Waals surface area (Å²) in [6.07, 6.45) is 1.55. The molecule has 1 aliphatic heterocycles. The first-order valence-corrected chi connectivity index (χ1v) is 3.48. The number of hydrogen-bond donors (Lipinski definition) is 0. The van der Waals surface area contributed by atoms with Crippen LogP contribution in [0.25, 0.3) is 0 Å². The predicted molar refractivity (Wildman–Crippen MR) is 37.7 cm³/mol. The molecule has 0 radical (unpaired) electrons. The van der Waals surface area contributed by atoms with Gasteiger partial charge in [0, 0.05) is 0 Å². The summed E-state index contributed by atoms with van der Waals surface area (Å²) in [5.41, 5.74) is 0.586. The zero-order chi connectivity index (χ0) is 7.84. The molecule has 0 fully saturated rings. The maximum absolute atomic E-state index is 10.9. The summed E-state index contributed by atoms with van der Waals surface area (Å²) < 4.78 is 6.92. The molecule has 4 nitrogen and oxygen atoms in total. The van der Waals surface area contributed by atoms with Gasteiger partial charge >= 0.3 is 0 Å². The van der Waals surface area contributed by atoms with E-state index in [2.05, 4.69) is 5.10 Å². The quantitative estimate of drug-likeness (QED) is 0.550. The van der Waals surface area contributed by atoms with Crippen LogP contribution in [0.5, 0.6) is 5.88 Å². The van der Waals surface area contributed by atoms with Gasteiger partial charge < -0.3 is 4.74 Å². The van der Waals surface area contributed by atoms with Gasteiger partial charge in [0.15, 0.2) is 5.78 Å². The third-order valence-corrected chi connectivity index (χ3v) is 1.71. The average Bonchev–Trinajstić information content (AvgIpc) is 2.41. The van der Waals surface area contributed by atoms with E-state index in [-0.39, 0.29) is 5.78 Å². The van der Waals surface area contributed by atoms with Crippen molar-refractivity contribution in [3.8, 4) is 5.88 Å². The lowest BCUT2D eigenvalue weighted by Crippen LogP contribution is -1.95. The maximum Gasteiger partial charge on any atom is 0.223 e. The fraction of sp³-hybridized carbons (Fsp3) is 0.429. The fourth-order valence-corrected chi connectivity index (χ4v) is 1.16. The summed E-state index contributed by atoms with van der Waals surface area (Å²) in [7, 11) is 0. The van der Waals surface area contributed by atoms with Crippen LogP contribution < -0.4 is 4.74 Å². The molecule has 1 aromatic heterocycles. The van der Waals surface area contributed by atoms with Crippen LogP contribution in [0.1, 0.15) is 17.3 Å². The van der Waals surface area contributed by atoms with Crippen molar-refractivity contribution in [2.75, 3.05) is 6.61 Å². The highest BCUT2D eigenvalue weighted by Crippen LogP contribution is 2.22. The van der Waals surface area contributed by atoms with Gasteiger partial charge in [0.05, 0.1) is 18.3 Å². The minimum atomic E-state index is 0.00755. The van der Waals surface area contributed by atoms with E-state index in [1.807, 2.05) is 0 Å². The number of aromatic nitrogens is 2. The van der Waals surface area contributed by atoms with E-state index in [1.165, 1.54) is 6.92 Å². The summed E-state index contributed by atoms with van der Waals surface area (Å²) in [5.74, 6) is 0.630. The zero-order valence-electron chi connectivity index (χ0n) is 6.20. The molecule has 2 rings (SSSR count). The molecule has 1 aromatic rings. The second-order valence-electron chi connectivity index (χ2n) is 2.49. The number of rotatable bonds is 1. The Balaban J connectivity index is 2.50.